The molecule has 0 aromatic heterocycles. The summed E-state index contributed by atoms with van der Waals surface area (Å²) in [5.41, 5.74) is 0.457. The summed E-state index contributed by atoms with van der Waals surface area (Å²) in [6, 6.07) is 0.749. The molecular formula is C15H29N. The molecule has 1 aliphatic rings. The maximum absolute atomic E-state index is 3.76. The Balaban J connectivity index is 2.41. The van der Waals surface area contributed by atoms with Crippen molar-refractivity contribution in [2.45, 2.75) is 65.8 Å². The number of rotatable bonds is 4. The minimum atomic E-state index is 0.457. The first-order valence-electron chi connectivity index (χ1n) is 6.90. The Morgan fingerprint density at radius 1 is 1.19 bits per heavy atom. The van der Waals surface area contributed by atoms with E-state index in [1.165, 1.54) is 32.1 Å². The summed E-state index contributed by atoms with van der Waals surface area (Å²) >= 11 is 0. The fraction of sp³-hybridized carbons (Fsp3) is 0.867. The number of hydrogen-bond acceptors (Lipinski definition) is 1. The third-order valence-corrected chi connectivity index (χ3v) is 3.83. The van der Waals surface area contributed by atoms with Crippen LogP contribution >= 0.6 is 0 Å². The van der Waals surface area contributed by atoms with Gasteiger partial charge in [-0.15, -0.1) is 0 Å². The first kappa shape index (κ1) is 13.8. The average molecular weight is 223 g/mol. The second kappa shape index (κ2) is 6.44. The van der Waals surface area contributed by atoms with Gasteiger partial charge in [0.15, 0.2) is 0 Å². The van der Waals surface area contributed by atoms with Crippen LogP contribution in [0, 0.1) is 11.3 Å². The third-order valence-electron chi connectivity index (χ3n) is 3.83. The fourth-order valence-electron chi connectivity index (χ4n) is 2.93. The van der Waals surface area contributed by atoms with Crippen LogP contribution in [0.5, 0.6) is 0 Å². The molecule has 0 bridgehead atoms. The molecule has 1 heteroatoms. The van der Waals surface area contributed by atoms with Crippen LogP contribution in [-0.4, -0.2) is 12.6 Å². The monoisotopic (exact) mass is 223 g/mol. The van der Waals surface area contributed by atoms with Gasteiger partial charge in [-0.25, -0.2) is 0 Å². The zero-order chi connectivity index (χ0) is 12.0. The molecule has 0 aromatic carbocycles. The smallest absolute Gasteiger partial charge is 0.0100 e. The van der Waals surface area contributed by atoms with Crippen LogP contribution in [0.25, 0.3) is 0 Å². The maximum atomic E-state index is 3.76. The molecule has 0 saturated heterocycles. The molecule has 0 radical (unpaired) electrons. The second-order valence-electron chi connectivity index (χ2n) is 6.18. The second-order valence-corrected chi connectivity index (χ2v) is 6.18. The zero-order valence-electron chi connectivity index (χ0n) is 11.6. The minimum absolute atomic E-state index is 0.457. The molecule has 1 fully saturated rings. The predicted octanol–water partition coefficient (Wildman–Crippen LogP) is 4.15. The Morgan fingerprint density at radius 2 is 1.88 bits per heavy atom. The molecule has 0 heterocycles. The van der Waals surface area contributed by atoms with E-state index >= 15 is 0 Å². The lowest BCUT2D eigenvalue weighted by atomic mass is 9.69. The Labute approximate surface area is 102 Å². The van der Waals surface area contributed by atoms with E-state index in [1.54, 1.807) is 0 Å². The van der Waals surface area contributed by atoms with Gasteiger partial charge in [0.05, 0.1) is 0 Å². The molecule has 2 atom stereocenters. The highest BCUT2D eigenvalue weighted by Crippen LogP contribution is 2.37. The van der Waals surface area contributed by atoms with Crippen molar-refractivity contribution in [3.63, 3.8) is 0 Å². The largest absolute Gasteiger partial charge is 0.313 e. The Hall–Kier alpha value is -0.300. The number of nitrogens with one attached hydrogen (secondary N) is 1. The molecule has 16 heavy (non-hydrogen) atoms. The predicted molar refractivity (Wildman–Crippen MR) is 72.6 cm³/mol. The van der Waals surface area contributed by atoms with Crippen molar-refractivity contribution in [1.82, 2.24) is 5.32 Å². The van der Waals surface area contributed by atoms with E-state index in [2.05, 4.69) is 45.2 Å². The van der Waals surface area contributed by atoms with Gasteiger partial charge in [-0.1, -0.05) is 45.8 Å². The van der Waals surface area contributed by atoms with Crippen molar-refractivity contribution in [3.8, 4) is 0 Å². The van der Waals surface area contributed by atoms with Crippen LogP contribution in [0.2, 0.25) is 0 Å². The van der Waals surface area contributed by atoms with Gasteiger partial charge >= 0.3 is 0 Å². The van der Waals surface area contributed by atoms with Gasteiger partial charge in [-0.2, -0.15) is 0 Å². The summed E-state index contributed by atoms with van der Waals surface area (Å²) < 4.78 is 0. The van der Waals surface area contributed by atoms with Crippen LogP contribution in [-0.2, 0) is 0 Å². The molecular weight excluding hydrogens is 194 g/mol. The summed E-state index contributed by atoms with van der Waals surface area (Å²) in [5, 5.41) is 3.76. The molecule has 94 valence electrons. The van der Waals surface area contributed by atoms with Crippen molar-refractivity contribution in [2.75, 3.05) is 6.54 Å². The minimum Gasteiger partial charge on any atom is -0.313 e. The third kappa shape index (κ3) is 4.29. The van der Waals surface area contributed by atoms with Gasteiger partial charge in [0.2, 0.25) is 0 Å². The Bertz CT molecular complexity index is 212. The highest BCUT2D eigenvalue weighted by Gasteiger charge is 2.33. The molecule has 1 nitrogen and oxygen atoms in total. The van der Waals surface area contributed by atoms with Crippen molar-refractivity contribution in [1.29, 1.82) is 0 Å². The van der Waals surface area contributed by atoms with Crippen LogP contribution in [0.15, 0.2) is 12.2 Å². The molecule has 0 aliphatic heterocycles. The topological polar surface area (TPSA) is 12.0 Å². The van der Waals surface area contributed by atoms with Crippen molar-refractivity contribution >= 4 is 0 Å². The van der Waals surface area contributed by atoms with Gasteiger partial charge in [0.25, 0.3) is 0 Å². The van der Waals surface area contributed by atoms with Crippen molar-refractivity contribution < 1.29 is 0 Å². The summed E-state index contributed by atoms with van der Waals surface area (Å²) in [6.45, 7) is 10.4. The van der Waals surface area contributed by atoms with Crippen molar-refractivity contribution in [3.05, 3.63) is 12.2 Å². The number of hydrogen-bond donors (Lipinski definition) is 1. The first-order chi connectivity index (χ1) is 7.55. The number of allylic oxidation sites excluding steroid dienone is 1. The van der Waals surface area contributed by atoms with Gasteiger partial charge in [0, 0.05) is 6.04 Å². The fourth-order valence-corrected chi connectivity index (χ4v) is 2.93. The lowest BCUT2D eigenvalue weighted by Crippen LogP contribution is -2.44. The van der Waals surface area contributed by atoms with Crippen LogP contribution in [0.1, 0.15) is 59.8 Å². The van der Waals surface area contributed by atoms with Crippen LogP contribution in [0.4, 0.5) is 0 Å². The Kier molecular flexibility index (Phi) is 5.54. The van der Waals surface area contributed by atoms with E-state index in [0.29, 0.717) is 5.41 Å². The van der Waals surface area contributed by atoms with E-state index in [-0.39, 0.29) is 0 Å². The van der Waals surface area contributed by atoms with Crippen LogP contribution < -0.4 is 5.32 Å². The molecule has 0 amide bonds. The van der Waals surface area contributed by atoms with E-state index in [0.717, 1.165) is 18.5 Å². The van der Waals surface area contributed by atoms with Gasteiger partial charge in [-0.05, 0) is 44.1 Å². The highest BCUT2D eigenvalue weighted by molar-refractivity contribution is 4.89. The molecule has 2 unspecified atom stereocenters. The van der Waals surface area contributed by atoms with E-state index in [1.807, 2.05) is 0 Å². The van der Waals surface area contributed by atoms with Gasteiger partial charge in [-0.3, -0.25) is 0 Å². The molecule has 1 saturated carbocycles. The van der Waals surface area contributed by atoms with Crippen molar-refractivity contribution in [2.24, 2.45) is 11.3 Å². The van der Waals surface area contributed by atoms with Gasteiger partial charge < -0.3 is 5.32 Å². The summed E-state index contributed by atoms with van der Waals surface area (Å²) in [6.07, 6.45) is 11.2. The molecule has 1 N–H and O–H groups in total. The average Bonchev–Trinajstić information content (AvgIpc) is 2.24. The normalized spacial score (nSPS) is 27.5. The quantitative estimate of drug-likeness (QED) is 0.558. The summed E-state index contributed by atoms with van der Waals surface area (Å²) in [7, 11) is 0. The van der Waals surface area contributed by atoms with E-state index in [9.17, 15) is 0 Å². The van der Waals surface area contributed by atoms with E-state index < -0.39 is 0 Å². The van der Waals surface area contributed by atoms with E-state index in [4.69, 9.17) is 0 Å². The molecule has 1 rings (SSSR count). The zero-order valence-corrected chi connectivity index (χ0v) is 11.6. The molecule has 1 aliphatic carbocycles. The van der Waals surface area contributed by atoms with Crippen LogP contribution in [0.3, 0.4) is 0 Å². The highest BCUT2D eigenvalue weighted by atomic mass is 14.9. The Morgan fingerprint density at radius 3 is 2.50 bits per heavy atom. The maximum Gasteiger partial charge on any atom is 0.0100 e. The summed E-state index contributed by atoms with van der Waals surface area (Å²) in [5.74, 6) is 0.854. The molecule has 0 aromatic rings. The summed E-state index contributed by atoms with van der Waals surface area (Å²) in [4.78, 5) is 0. The standard InChI is InChI=1S/C15H29N/c1-5-6-9-12-16-14-11-8-7-10-13(14)15(2,3)4/h5-6,13-14,16H,7-12H2,1-4H3/b6-5+. The van der Waals surface area contributed by atoms with Gasteiger partial charge in [0.1, 0.15) is 0 Å². The molecule has 0 spiro atoms. The lowest BCUT2D eigenvalue weighted by molar-refractivity contribution is 0.132. The first-order valence-corrected chi connectivity index (χ1v) is 6.90. The SMILES string of the molecule is C/C=C/CCNC1CCCCC1C(C)(C)C. The lowest BCUT2D eigenvalue weighted by Gasteiger charge is -2.41.